The van der Waals surface area contributed by atoms with Gasteiger partial charge in [0, 0.05) is 17.3 Å². The molecule has 0 saturated heterocycles. The van der Waals surface area contributed by atoms with Gasteiger partial charge in [0.05, 0.1) is 10.6 Å². The Hall–Kier alpha value is -3.31. The van der Waals surface area contributed by atoms with Gasteiger partial charge >= 0.3 is 5.97 Å². The maximum atomic E-state index is 12.1. The van der Waals surface area contributed by atoms with E-state index in [1.165, 1.54) is 18.2 Å². The summed E-state index contributed by atoms with van der Waals surface area (Å²) in [6.07, 6.45) is 2.90. The second-order valence-electron chi connectivity index (χ2n) is 5.84. The summed E-state index contributed by atoms with van der Waals surface area (Å²) in [4.78, 5) is 23.1. The Balaban J connectivity index is 1.69. The van der Waals surface area contributed by atoms with Crippen molar-refractivity contribution in [3.8, 4) is 11.3 Å². The maximum absolute atomic E-state index is 12.1. The first kappa shape index (κ1) is 18.5. The molecular formula is C21H16ClNO4. The Bertz CT molecular complexity index is 1040. The average Bonchev–Trinajstić information content (AvgIpc) is 3.10. The van der Waals surface area contributed by atoms with E-state index in [0.717, 1.165) is 5.56 Å². The number of halogens is 1. The number of carboxylic acids is 1. The first-order chi connectivity index (χ1) is 12.9. The topological polar surface area (TPSA) is 79.5 Å². The van der Waals surface area contributed by atoms with Crippen LogP contribution in [0.1, 0.15) is 21.7 Å². The molecule has 0 atom stereocenters. The van der Waals surface area contributed by atoms with Crippen molar-refractivity contribution in [1.82, 2.24) is 0 Å². The molecule has 2 N–H and O–H groups in total. The van der Waals surface area contributed by atoms with Crippen LogP contribution in [0.4, 0.5) is 5.69 Å². The smallest absolute Gasteiger partial charge is 0.335 e. The number of benzene rings is 2. The second-order valence-corrected chi connectivity index (χ2v) is 6.25. The van der Waals surface area contributed by atoms with Gasteiger partial charge in [-0.15, -0.1) is 0 Å². The molecule has 6 heteroatoms. The number of amides is 1. The zero-order valence-corrected chi connectivity index (χ0v) is 15.2. The standard InChI is InChI=1S/C21H16ClNO4/c1-13-12-14(21(25)26)6-9-18(13)23-20(24)11-8-15-7-10-19(27-15)16-4-2-3-5-17(16)22/h2-12H,1H3,(H,23,24)(H,25,26)/b11-8+. The van der Waals surface area contributed by atoms with Crippen LogP contribution in [0.2, 0.25) is 5.02 Å². The first-order valence-corrected chi connectivity index (χ1v) is 8.49. The number of rotatable bonds is 5. The van der Waals surface area contributed by atoms with E-state index in [9.17, 15) is 9.59 Å². The number of aryl methyl sites for hydroxylation is 1. The average molecular weight is 382 g/mol. The molecule has 0 saturated carbocycles. The van der Waals surface area contributed by atoms with E-state index in [1.54, 1.807) is 37.3 Å². The Morgan fingerprint density at radius 2 is 1.89 bits per heavy atom. The van der Waals surface area contributed by atoms with Gasteiger partial charge in [0.2, 0.25) is 5.91 Å². The summed E-state index contributed by atoms with van der Waals surface area (Å²) in [5.74, 6) is -0.237. The van der Waals surface area contributed by atoms with Crippen LogP contribution in [0.25, 0.3) is 17.4 Å². The van der Waals surface area contributed by atoms with Gasteiger partial charge in [-0.2, -0.15) is 0 Å². The molecule has 3 aromatic rings. The number of nitrogens with one attached hydrogen (secondary N) is 1. The molecule has 3 rings (SSSR count). The fraction of sp³-hybridized carbons (Fsp3) is 0.0476. The number of anilines is 1. The summed E-state index contributed by atoms with van der Waals surface area (Å²) in [6, 6.07) is 15.4. The summed E-state index contributed by atoms with van der Waals surface area (Å²) in [7, 11) is 0. The molecule has 1 amide bonds. The van der Waals surface area contributed by atoms with E-state index >= 15 is 0 Å². The zero-order chi connectivity index (χ0) is 19.4. The largest absolute Gasteiger partial charge is 0.478 e. The molecule has 0 bridgehead atoms. The van der Waals surface area contributed by atoms with Gasteiger partial charge in [-0.1, -0.05) is 23.7 Å². The molecule has 5 nitrogen and oxygen atoms in total. The number of carbonyl (C=O) groups is 2. The highest BCUT2D eigenvalue weighted by Crippen LogP contribution is 2.29. The predicted octanol–water partition coefficient (Wildman–Crippen LogP) is 5.26. The summed E-state index contributed by atoms with van der Waals surface area (Å²) < 4.78 is 5.70. The van der Waals surface area contributed by atoms with E-state index < -0.39 is 5.97 Å². The quantitative estimate of drug-likeness (QED) is 0.591. The fourth-order valence-corrected chi connectivity index (χ4v) is 2.75. The number of hydrogen-bond acceptors (Lipinski definition) is 3. The SMILES string of the molecule is Cc1cc(C(=O)O)ccc1NC(=O)/C=C/c1ccc(-c2ccccc2Cl)o1. The molecule has 0 fully saturated rings. The third kappa shape index (κ3) is 4.46. The Labute approximate surface area is 160 Å². The van der Waals surface area contributed by atoms with E-state index in [-0.39, 0.29) is 11.5 Å². The molecule has 136 valence electrons. The summed E-state index contributed by atoms with van der Waals surface area (Å²) >= 11 is 6.15. The Morgan fingerprint density at radius 1 is 1.11 bits per heavy atom. The first-order valence-electron chi connectivity index (χ1n) is 8.12. The van der Waals surface area contributed by atoms with Crippen LogP contribution >= 0.6 is 11.6 Å². The zero-order valence-electron chi connectivity index (χ0n) is 14.4. The molecule has 0 aliphatic carbocycles. The minimum absolute atomic E-state index is 0.170. The van der Waals surface area contributed by atoms with Gasteiger partial charge < -0.3 is 14.8 Å². The second kappa shape index (κ2) is 7.93. The molecular weight excluding hydrogens is 366 g/mol. The van der Waals surface area contributed by atoms with E-state index in [2.05, 4.69) is 5.32 Å². The lowest BCUT2D eigenvalue weighted by Gasteiger charge is -2.07. The van der Waals surface area contributed by atoms with E-state index in [0.29, 0.717) is 27.8 Å². The number of carboxylic acid groups (broad SMARTS) is 1. The highest BCUT2D eigenvalue weighted by Gasteiger charge is 2.09. The third-order valence-electron chi connectivity index (χ3n) is 3.90. The van der Waals surface area contributed by atoms with E-state index in [4.69, 9.17) is 21.1 Å². The number of furan rings is 1. The van der Waals surface area contributed by atoms with Crippen LogP contribution in [0.15, 0.2) is 65.1 Å². The number of carbonyl (C=O) groups excluding carboxylic acids is 1. The Kier molecular flexibility index (Phi) is 5.43. The van der Waals surface area contributed by atoms with Crippen molar-refractivity contribution in [3.05, 3.63) is 82.6 Å². The lowest BCUT2D eigenvalue weighted by molar-refractivity contribution is -0.111. The normalized spacial score (nSPS) is 10.9. The van der Waals surface area contributed by atoms with Crippen LogP contribution in [0.3, 0.4) is 0 Å². The molecule has 1 aromatic heterocycles. The highest BCUT2D eigenvalue weighted by atomic mass is 35.5. The molecule has 2 aromatic carbocycles. The third-order valence-corrected chi connectivity index (χ3v) is 4.23. The molecule has 0 aliphatic heterocycles. The maximum Gasteiger partial charge on any atom is 0.335 e. The van der Waals surface area contributed by atoms with Gasteiger partial charge in [-0.05, 0) is 61.0 Å². The Morgan fingerprint density at radius 3 is 2.59 bits per heavy atom. The molecule has 27 heavy (non-hydrogen) atoms. The number of hydrogen-bond donors (Lipinski definition) is 2. The van der Waals surface area contributed by atoms with Crippen molar-refractivity contribution >= 4 is 35.2 Å². The lowest BCUT2D eigenvalue weighted by Crippen LogP contribution is -2.09. The van der Waals surface area contributed by atoms with Crippen molar-refractivity contribution < 1.29 is 19.1 Å². The summed E-state index contributed by atoms with van der Waals surface area (Å²) in [6.45, 7) is 1.73. The number of aromatic carboxylic acids is 1. The monoisotopic (exact) mass is 381 g/mol. The van der Waals surface area contributed by atoms with Crippen LogP contribution < -0.4 is 5.32 Å². The fourth-order valence-electron chi connectivity index (χ4n) is 2.52. The van der Waals surface area contributed by atoms with Crippen molar-refractivity contribution in [2.45, 2.75) is 6.92 Å². The van der Waals surface area contributed by atoms with Crippen molar-refractivity contribution in [2.75, 3.05) is 5.32 Å². The lowest BCUT2D eigenvalue weighted by atomic mass is 10.1. The van der Waals surface area contributed by atoms with Gasteiger partial charge in [-0.3, -0.25) is 4.79 Å². The summed E-state index contributed by atoms with van der Waals surface area (Å²) in [5, 5.41) is 12.3. The van der Waals surface area contributed by atoms with Gasteiger partial charge in [0.1, 0.15) is 11.5 Å². The molecule has 0 radical (unpaired) electrons. The van der Waals surface area contributed by atoms with Gasteiger partial charge in [-0.25, -0.2) is 4.79 Å². The molecule has 0 spiro atoms. The van der Waals surface area contributed by atoms with Gasteiger partial charge in [0.15, 0.2) is 0 Å². The van der Waals surface area contributed by atoms with Crippen LogP contribution in [-0.4, -0.2) is 17.0 Å². The van der Waals surface area contributed by atoms with Crippen LogP contribution in [0.5, 0.6) is 0 Å². The molecule has 1 heterocycles. The van der Waals surface area contributed by atoms with E-state index in [1.807, 2.05) is 18.2 Å². The van der Waals surface area contributed by atoms with Crippen molar-refractivity contribution in [1.29, 1.82) is 0 Å². The molecule has 0 aliphatic rings. The van der Waals surface area contributed by atoms with Crippen molar-refractivity contribution in [2.24, 2.45) is 0 Å². The van der Waals surface area contributed by atoms with Gasteiger partial charge in [0.25, 0.3) is 0 Å². The van der Waals surface area contributed by atoms with Crippen molar-refractivity contribution in [3.63, 3.8) is 0 Å². The highest BCUT2D eigenvalue weighted by molar-refractivity contribution is 6.33. The summed E-state index contributed by atoms with van der Waals surface area (Å²) in [5.41, 5.74) is 2.16. The van der Waals surface area contributed by atoms with Crippen LogP contribution in [0, 0.1) is 6.92 Å². The predicted molar refractivity (Wildman–Crippen MR) is 105 cm³/mol. The minimum Gasteiger partial charge on any atom is -0.478 e. The van der Waals surface area contributed by atoms with Crippen LogP contribution in [-0.2, 0) is 4.79 Å². The minimum atomic E-state index is -1.01. The molecule has 0 unspecified atom stereocenters.